The maximum atomic E-state index is 6.01. The van der Waals surface area contributed by atoms with Gasteiger partial charge in [0.15, 0.2) is 0 Å². The van der Waals surface area contributed by atoms with Gasteiger partial charge >= 0.3 is 0 Å². The molecule has 18 heavy (non-hydrogen) atoms. The van der Waals surface area contributed by atoms with E-state index in [4.69, 9.17) is 34.8 Å². The minimum atomic E-state index is 0.559. The van der Waals surface area contributed by atoms with E-state index in [9.17, 15) is 0 Å². The number of nitrogens with one attached hydrogen (secondary N) is 1. The maximum absolute atomic E-state index is 6.01. The Kier molecular flexibility index (Phi) is 4.48. The molecule has 0 fully saturated rings. The first-order valence-electron chi connectivity index (χ1n) is 5.15. The van der Waals surface area contributed by atoms with Crippen LogP contribution in [0.1, 0.15) is 5.56 Å². The van der Waals surface area contributed by atoms with E-state index < -0.39 is 0 Å². The number of hydrogen-bond donors (Lipinski definition) is 1. The summed E-state index contributed by atoms with van der Waals surface area (Å²) < 4.78 is 0. The van der Waals surface area contributed by atoms with Crippen molar-refractivity contribution in [2.24, 2.45) is 5.10 Å². The molecule has 0 bridgehead atoms. The molecule has 0 unspecified atom stereocenters. The highest BCUT2D eigenvalue weighted by atomic mass is 35.5. The molecule has 92 valence electrons. The van der Waals surface area contributed by atoms with E-state index in [0.29, 0.717) is 20.6 Å². The Hall–Kier alpha value is -1.22. The molecule has 0 aliphatic carbocycles. The predicted octanol–water partition coefficient (Wildman–Crippen LogP) is 5.09. The number of anilines is 1. The van der Waals surface area contributed by atoms with Crippen molar-refractivity contribution in [3.8, 4) is 0 Å². The molecule has 5 heteroatoms. The lowest BCUT2D eigenvalue weighted by atomic mass is 10.2. The number of hydrazone groups is 1. The van der Waals surface area contributed by atoms with E-state index in [1.807, 2.05) is 12.1 Å². The van der Waals surface area contributed by atoms with Crippen LogP contribution in [0.2, 0.25) is 15.1 Å². The van der Waals surface area contributed by atoms with Crippen LogP contribution in [-0.2, 0) is 0 Å². The Balaban J connectivity index is 2.10. The molecule has 0 radical (unpaired) electrons. The third-order valence-electron chi connectivity index (χ3n) is 2.23. The second-order valence-electron chi connectivity index (χ2n) is 3.51. The fourth-order valence-electron chi connectivity index (χ4n) is 1.33. The van der Waals surface area contributed by atoms with Crippen LogP contribution in [0.4, 0.5) is 5.69 Å². The van der Waals surface area contributed by atoms with Gasteiger partial charge in [-0.3, -0.25) is 5.43 Å². The van der Waals surface area contributed by atoms with Crippen LogP contribution in [0.5, 0.6) is 0 Å². The quantitative estimate of drug-likeness (QED) is 0.619. The van der Waals surface area contributed by atoms with Crippen LogP contribution < -0.4 is 5.43 Å². The average Bonchev–Trinajstić information content (AvgIpc) is 2.35. The molecule has 2 nitrogen and oxygen atoms in total. The van der Waals surface area contributed by atoms with E-state index >= 15 is 0 Å². The Morgan fingerprint density at radius 1 is 0.889 bits per heavy atom. The molecule has 0 aliphatic heterocycles. The largest absolute Gasteiger partial charge is 0.279 e. The zero-order valence-electron chi connectivity index (χ0n) is 9.20. The Morgan fingerprint density at radius 3 is 2.11 bits per heavy atom. The van der Waals surface area contributed by atoms with Gasteiger partial charge < -0.3 is 0 Å². The van der Waals surface area contributed by atoms with Crippen molar-refractivity contribution < 1.29 is 0 Å². The lowest BCUT2D eigenvalue weighted by Crippen LogP contribution is -1.91. The van der Waals surface area contributed by atoms with Gasteiger partial charge in [-0.05, 0) is 36.4 Å². The van der Waals surface area contributed by atoms with Crippen LogP contribution in [0.15, 0.2) is 47.6 Å². The molecule has 0 aliphatic rings. The van der Waals surface area contributed by atoms with E-state index in [1.165, 1.54) is 0 Å². The van der Waals surface area contributed by atoms with Crippen LogP contribution in [0.25, 0.3) is 0 Å². The smallest absolute Gasteiger partial charge is 0.0574 e. The van der Waals surface area contributed by atoms with E-state index in [2.05, 4.69) is 10.5 Å². The van der Waals surface area contributed by atoms with Gasteiger partial charge in [-0.1, -0.05) is 40.9 Å². The highest BCUT2D eigenvalue weighted by molar-refractivity contribution is 6.38. The molecule has 0 saturated heterocycles. The highest BCUT2D eigenvalue weighted by Crippen LogP contribution is 2.22. The third kappa shape index (κ3) is 3.39. The van der Waals surface area contributed by atoms with Gasteiger partial charge in [0, 0.05) is 10.6 Å². The van der Waals surface area contributed by atoms with Crippen molar-refractivity contribution in [2.75, 3.05) is 5.43 Å². The predicted molar refractivity (Wildman–Crippen MR) is 79.1 cm³/mol. The topological polar surface area (TPSA) is 24.4 Å². The number of hydrogen-bond acceptors (Lipinski definition) is 2. The van der Waals surface area contributed by atoms with Crippen molar-refractivity contribution in [3.63, 3.8) is 0 Å². The summed E-state index contributed by atoms with van der Waals surface area (Å²) in [7, 11) is 0. The Labute approximate surface area is 120 Å². The summed E-state index contributed by atoms with van der Waals surface area (Å²) in [4.78, 5) is 0. The van der Waals surface area contributed by atoms with Gasteiger partial charge in [-0.25, -0.2) is 0 Å². The standard InChI is InChI=1S/C13H9Cl3N2/c14-9-4-6-10(7-5-9)18-17-8-11-12(15)2-1-3-13(11)16/h1-8,18H/b17-8+. The summed E-state index contributed by atoms with van der Waals surface area (Å²) in [6, 6.07) is 12.5. The number of nitrogens with zero attached hydrogens (tertiary/aromatic N) is 1. The summed E-state index contributed by atoms with van der Waals surface area (Å²) >= 11 is 17.8. The minimum absolute atomic E-state index is 0.559. The lowest BCUT2D eigenvalue weighted by molar-refractivity contribution is 1.35. The zero-order chi connectivity index (χ0) is 13.0. The van der Waals surface area contributed by atoms with Crippen molar-refractivity contribution in [1.29, 1.82) is 0 Å². The Morgan fingerprint density at radius 2 is 1.50 bits per heavy atom. The van der Waals surface area contributed by atoms with Crippen molar-refractivity contribution >= 4 is 46.7 Å². The van der Waals surface area contributed by atoms with E-state index in [0.717, 1.165) is 5.69 Å². The third-order valence-corrected chi connectivity index (χ3v) is 3.14. The van der Waals surface area contributed by atoms with Gasteiger partial charge in [0.25, 0.3) is 0 Å². The number of halogens is 3. The van der Waals surface area contributed by atoms with Gasteiger partial charge in [0.05, 0.1) is 21.9 Å². The summed E-state index contributed by atoms with van der Waals surface area (Å²) in [6.45, 7) is 0. The molecule has 0 heterocycles. The molecule has 2 rings (SSSR count). The summed E-state index contributed by atoms with van der Waals surface area (Å²) in [5.41, 5.74) is 4.38. The minimum Gasteiger partial charge on any atom is -0.279 e. The molecule has 2 aromatic carbocycles. The molecule has 2 aromatic rings. The second-order valence-corrected chi connectivity index (χ2v) is 4.76. The van der Waals surface area contributed by atoms with Crippen molar-refractivity contribution in [3.05, 3.63) is 63.1 Å². The van der Waals surface area contributed by atoms with Crippen LogP contribution >= 0.6 is 34.8 Å². The van der Waals surface area contributed by atoms with Crippen LogP contribution in [-0.4, -0.2) is 6.21 Å². The van der Waals surface area contributed by atoms with Gasteiger partial charge in [0.2, 0.25) is 0 Å². The second kappa shape index (κ2) is 6.10. The molecule has 0 atom stereocenters. The molecule has 1 N–H and O–H groups in total. The Bertz CT molecular complexity index is 545. The highest BCUT2D eigenvalue weighted by Gasteiger charge is 2.01. The van der Waals surface area contributed by atoms with E-state index in [-0.39, 0.29) is 0 Å². The van der Waals surface area contributed by atoms with Gasteiger partial charge in [-0.2, -0.15) is 5.10 Å². The average molecular weight is 300 g/mol. The monoisotopic (exact) mass is 298 g/mol. The number of rotatable bonds is 3. The molecular formula is C13H9Cl3N2. The first kappa shape index (κ1) is 13.2. The lowest BCUT2D eigenvalue weighted by Gasteiger charge is -2.02. The normalized spacial score (nSPS) is 10.8. The van der Waals surface area contributed by atoms with Crippen LogP contribution in [0, 0.1) is 0 Å². The maximum Gasteiger partial charge on any atom is 0.0574 e. The van der Waals surface area contributed by atoms with E-state index in [1.54, 1.807) is 36.5 Å². The van der Waals surface area contributed by atoms with Gasteiger partial charge in [0.1, 0.15) is 0 Å². The summed E-state index contributed by atoms with van der Waals surface area (Å²) in [6.07, 6.45) is 1.58. The van der Waals surface area contributed by atoms with Crippen LogP contribution in [0.3, 0.4) is 0 Å². The molecule has 0 amide bonds. The fraction of sp³-hybridized carbons (Fsp3) is 0. The van der Waals surface area contributed by atoms with Crippen molar-refractivity contribution in [1.82, 2.24) is 0 Å². The molecule has 0 spiro atoms. The van der Waals surface area contributed by atoms with Gasteiger partial charge in [-0.15, -0.1) is 0 Å². The summed E-state index contributed by atoms with van der Waals surface area (Å²) in [5, 5.41) is 5.87. The number of benzene rings is 2. The fourth-order valence-corrected chi connectivity index (χ4v) is 1.95. The molecule has 0 aromatic heterocycles. The first-order chi connectivity index (χ1) is 8.66. The first-order valence-corrected chi connectivity index (χ1v) is 6.29. The van der Waals surface area contributed by atoms with Crippen molar-refractivity contribution in [2.45, 2.75) is 0 Å². The molecule has 0 saturated carbocycles. The SMILES string of the molecule is Clc1ccc(N/N=C/c2c(Cl)cccc2Cl)cc1. The zero-order valence-corrected chi connectivity index (χ0v) is 11.5. The molecular weight excluding hydrogens is 291 g/mol. The summed E-state index contributed by atoms with van der Waals surface area (Å²) in [5.74, 6) is 0.